The highest BCUT2D eigenvalue weighted by molar-refractivity contribution is 5.76. The summed E-state index contributed by atoms with van der Waals surface area (Å²) in [5, 5.41) is 6.10. The van der Waals surface area contributed by atoms with Crippen LogP contribution in [-0.2, 0) is 9.53 Å². The molecule has 20 heavy (non-hydrogen) atoms. The lowest BCUT2D eigenvalue weighted by Crippen LogP contribution is -2.60. The Hall–Kier alpha value is -1.30. The van der Waals surface area contributed by atoms with Crippen molar-refractivity contribution in [1.82, 2.24) is 15.5 Å². The van der Waals surface area contributed by atoms with Gasteiger partial charge < -0.3 is 20.3 Å². The van der Waals surface area contributed by atoms with Crippen LogP contribution in [-0.4, -0.2) is 54.7 Å². The second-order valence-corrected chi connectivity index (χ2v) is 6.14. The monoisotopic (exact) mass is 285 g/mol. The van der Waals surface area contributed by atoms with E-state index in [1.807, 2.05) is 27.7 Å². The third-order valence-corrected chi connectivity index (χ3v) is 2.89. The number of amides is 2. The van der Waals surface area contributed by atoms with Crippen LogP contribution in [0.15, 0.2) is 0 Å². The standard InChI is InChI=1S/C14H27N3O3/c1-5-7-16-12(18)6-8-15-11-9-17(10-11)13(19)20-14(2,3)4/h11,15H,5-10H2,1-4H3,(H,16,18). The highest BCUT2D eigenvalue weighted by atomic mass is 16.6. The van der Waals surface area contributed by atoms with Crippen LogP contribution >= 0.6 is 0 Å². The van der Waals surface area contributed by atoms with Gasteiger partial charge in [0.25, 0.3) is 0 Å². The van der Waals surface area contributed by atoms with Crippen molar-refractivity contribution in [3.63, 3.8) is 0 Å². The van der Waals surface area contributed by atoms with Crippen LogP contribution in [0.5, 0.6) is 0 Å². The largest absolute Gasteiger partial charge is 0.444 e. The van der Waals surface area contributed by atoms with Gasteiger partial charge in [-0.2, -0.15) is 0 Å². The van der Waals surface area contributed by atoms with E-state index in [0.29, 0.717) is 26.1 Å². The molecule has 0 bridgehead atoms. The van der Waals surface area contributed by atoms with E-state index >= 15 is 0 Å². The van der Waals surface area contributed by atoms with E-state index in [1.54, 1.807) is 4.90 Å². The Labute approximate surface area is 121 Å². The molecule has 0 aliphatic carbocycles. The fraction of sp³-hybridized carbons (Fsp3) is 0.857. The van der Waals surface area contributed by atoms with E-state index in [1.165, 1.54) is 0 Å². The summed E-state index contributed by atoms with van der Waals surface area (Å²) in [7, 11) is 0. The van der Waals surface area contributed by atoms with Gasteiger partial charge in [0, 0.05) is 38.6 Å². The average Bonchev–Trinajstić information content (AvgIpc) is 2.26. The molecular weight excluding hydrogens is 258 g/mol. The molecule has 6 nitrogen and oxygen atoms in total. The molecule has 1 saturated heterocycles. The van der Waals surface area contributed by atoms with Crippen molar-refractivity contribution in [2.75, 3.05) is 26.2 Å². The molecule has 1 fully saturated rings. The number of nitrogens with one attached hydrogen (secondary N) is 2. The number of ether oxygens (including phenoxy) is 1. The first-order valence-corrected chi connectivity index (χ1v) is 7.30. The summed E-state index contributed by atoms with van der Waals surface area (Å²) < 4.78 is 5.27. The zero-order valence-electron chi connectivity index (χ0n) is 13.0. The quantitative estimate of drug-likeness (QED) is 0.767. The SMILES string of the molecule is CCCNC(=O)CCNC1CN(C(=O)OC(C)(C)C)C1. The number of rotatable bonds is 6. The van der Waals surface area contributed by atoms with Crippen molar-refractivity contribution in [2.24, 2.45) is 0 Å². The van der Waals surface area contributed by atoms with Crippen LogP contribution < -0.4 is 10.6 Å². The van der Waals surface area contributed by atoms with Gasteiger partial charge in [0.2, 0.25) is 5.91 Å². The van der Waals surface area contributed by atoms with Crippen LogP contribution in [0.1, 0.15) is 40.5 Å². The molecule has 1 rings (SSSR count). The molecule has 0 radical (unpaired) electrons. The van der Waals surface area contributed by atoms with Gasteiger partial charge in [0.15, 0.2) is 0 Å². The van der Waals surface area contributed by atoms with E-state index in [-0.39, 0.29) is 18.0 Å². The maximum atomic E-state index is 11.7. The smallest absolute Gasteiger partial charge is 0.410 e. The molecule has 0 spiro atoms. The van der Waals surface area contributed by atoms with Gasteiger partial charge in [-0.15, -0.1) is 0 Å². The molecule has 0 aromatic carbocycles. The summed E-state index contributed by atoms with van der Waals surface area (Å²) in [6, 6.07) is 0.265. The molecule has 0 aromatic rings. The Bertz CT molecular complexity index is 333. The number of hydrogen-bond donors (Lipinski definition) is 2. The second kappa shape index (κ2) is 7.47. The first kappa shape index (κ1) is 16.8. The Balaban J connectivity index is 2.08. The molecule has 0 saturated carbocycles. The average molecular weight is 285 g/mol. The predicted octanol–water partition coefficient (Wildman–Crippen LogP) is 1.11. The highest BCUT2D eigenvalue weighted by Crippen LogP contribution is 2.14. The Morgan fingerprint density at radius 1 is 1.25 bits per heavy atom. The summed E-state index contributed by atoms with van der Waals surface area (Å²) in [5.41, 5.74) is -0.451. The van der Waals surface area contributed by atoms with Crippen molar-refractivity contribution >= 4 is 12.0 Å². The van der Waals surface area contributed by atoms with Crippen molar-refractivity contribution in [3.8, 4) is 0 Å². The molecule has 116 valence electrons. The van der Waals surface area contributed by atoms with Crippen LogP contribution in [0.2, 0.25) is 0 Å². The summed E-state index contributed by atoms with van der Waals surface area (Å²) in [5.74, 6) is 0.0719. The van der Waals surface area contributed by atoms with Gasteiger partial charge in [0.05, 0.1) is 0 Å². The predicted molar refractivity (Wildman–Crippen MR) is 77.5 cm³/mol. The molecule has 0 atom stereocenters. The second-order valence-electron chi connectivity index (χ2n) is 6.14. The maximum Gasteiger partial charge on any atom is 0.410 e. The fourth-order valence-electron chi connectivity index (χ4n) is 1.83. The van der Waals surface area contributed by atoms with E-state index < -0.39 is 5.60 Å². The van der Waals surface area contributed by atoms with Crippen LogP contribution in [0.25, 0.3) is 0 Å². The van der Waals surface area contributed by atoms with E-state index in [2.05, 4.69) is 10.6 Å². The number of carbonyl (C=O) groups excluding carboxylic acids is 2. The van der Waals surface area contributed by atoms with Gasteiger partial charge in [-0.05, 0) is 27.2 Å². The molecule has 1 heterocycles. The minimum absolute atomic E-state index is 0.0719. The first-order valence-electron chi connectivity index (χ1n) is 7.30. The Kier molecular flexibility index (Phi) is 6.26. The third kappa shape index (κ3) is 6.23. The number of likely N-dealkylation sites (tertiary alicyclic amines) is 1. The van der Waals surface area contributed by atoms with Crippen LogP contribution in [0, 0.1) is 0 Å². The molecule has 2 amide bonds. The number of carbonyl (C=O) groups is 2. The Morgan fingerprint density at radius 2 is 1.90 bits per heavy atom. The highest BCUT2D eigenvalue weighted by Gasteiger charge is 2.33. The molecular formula is C14H27N3O3. The lowest BCUT2D eigenvalue weighted by atomic mass is 10.1. The van der Waals surface area contributed by atoms with Gasteiger partial charge >= 0.3 is 6.09 Å². The number of hydrogen-bond acceptors (Lipinski definition) is 4. The van der Waals surface area contributed by atoms with Gasteiger partial charge in [-0.25, -0.2) is 4.79 Å². The zero-order valence-corrected chi connectivity index (χ0v) is 13.0. The summed E-state index contributed by atoms with van der Waals surface area (Å²) in [4.78, 5) is 24.7. The molecule has 0 unspecified atom stereocenters. The van der Waals surface area contributed by atoms with Crippen LogP contribution in [0.3, 0.4) is 0 Å². The minimum atomic E-state index is -0.451. The minimum Gasteiger partial charge on any atom is -0.444 e. The van der Waals surface area contributed by atoms with Gasteiger partial charge in [-0.1, -0.05) is 6.92 Å². The third-order valence-electron chi connectivity index (χ3n) is 2.89. The van der Waals surface area contributed by atoms with Crippen molar-refractivity contribution in [3.05, 3.63) is 0 Å². The lowest BCUT2D eigenvalue weighted by Gasteiger charge is -2.40. The summed E-state index contributed by atoms with van der Waals surface area (Å²) >= 11 is 0. The van der Waals surface area contributed by atoms with Crippen molar-refractivity contribution in [1.29, 1.82) is 0 Å². The number of nitrogens with zero attached hydrogens (tertiary/aromatic N) is 1. The normalized spacial score (nSPS) is 15.7. The van der Waals surface area contributed by atoms with Crippen LogP contribution in [0.4, 0.5) is 4.79 Å². The van der Waals surface area contributed by atoms with E-state index in [9.17, 15) is 9.59 Å². The maximum absolute atomic E-state index is 11.7. The molecule has 1 aliphatic rings. The topological polar surface area (TPSA) is 70.7 Å². The first-order chi connectivity index (χ1) is 9.31. The van der Waals surface area contributed by atoms with E-state index in [4.69, 9.17) is 4.74 Å². The van der Waals surface area contributed by atoms with E-state index in [0.717, 1.165) is 13.0 Å². The van der Waals surface area contributed by atoms with Crippen molar-refractivity contribution in [2.45, 2.75) is 52.2 Å². The Morgan fingerprint density at radius 3 is 2.45 bits per heavy atom. The van der Waals surface area contributed by atoms with Crippen molar-refractivity contribution < 1.29 is 14.3 Å². The lowest BCUT2D eigenvalue weighted by molar-refractivity contribution is -0.121. The zero-order chi connectivity index (χ0) is 15.2. The molecule has 6 heteroatoms. The molecule has 2 N–H and O–H groups in total. The van der Waals surface area contributed by atoms with Gasteiger partial charge in [-0.3, -0.25) is 4.79 Å². The van der Waals surface area contributed by atoms with Gasteiger partial charge in [0.1, 0.15) is 5.60 Å². The summed E-state index contributed by atoms with van der Waals surface area (Å²) in [6.07, 6.45) is 1.16. The fourth-order valence-corrected chi connectivity index (χ4v) is 1.83. The summed E-state index contributed by atoms with van der Waals surface area (Å²) in [6.45, 7) is 10.3. The molecule has 0 aromatic heterocycles. The molecule has 1 aliphatic heterocycles.